The Hall–Kier alpha value is -2.47. The van der Waals surface area contributed by atoms with Crippen molar-refractivity contribution < 1.29 is 9.53 Å². The van der Waals surface area contributed by atoms with Gasteiger partial charge in [-0.25, -0.2) is 9.97 Å². The average Bonchev–Trinajstić information content (AvgIpc) is 2.61. The number of benzene rings is 1. The molecule has 24 heavy (non-hydrogen) atoms. The molecule has 1 aromatic heterocycles. The minimum Gasteiger partial charge on any atom is -0.382 e. The fraction of sp³-hybridized carbons (Fsp3) is 0.389. The van der Waals surface area contributed by atoms with Crippen molar-refractivity contribution in [3.05, 3.63) is 53.5 Å². The first kappa shape index (κ1) is 16.4. The van der Waals surface area contributed by atoms with E-state index in [1.807, 2.05) is 0 Å². The van der Waals surface area contributed by atoms with Crippen LogP contribution in [0.2, 0.25) is 0 Å². The summed E-state index contributed by atoms with van der Waals surface area (Å²) >= 11 is 0. The van der Waals surface area contributed by atoms with Crippen molar-refractivity contribution in [3.63, 3.8) is 0 Å². The maximum absolute atomic E-state index is 12.3. The summed E-state index contributed by atoms with van der Waals surface area (Å²) in [5, 5.41) is 2.92. The average molecular weight is 326 g/mol. The van der Waals surface area contributed by atoms with Crippen LogP contribution in [-0.4, -0.2) is 29.0 Å². The third-order valence-electron chi connectivity index (χ3n) is 4.32. The summed E-state index contributed by atoms with van der Waals surface area (Å²) in [6.45, 7) is 3.34. The van der Waals surface area contributed by atoms with E-state index in [0.717, 1.165) is 25.0 Å². The molecule has 6 nitrogen and oxygen atoms in total. The van der Waals surface area contributed by atoms with Gasteiger partial charge in [0.2, 0.25) is 0 Å². The molecule has 1 fully saturated rings. The van der Waals surface area contributed by atoms with Gasteiger partial charge in [-0.1, -0.05) is 29.8 Å². The molecule has 3 rings (SSSR count). The minimum absolute atomic E-state index is 0.00106. The van der Waals surface area contributed by atoms with Gasteiger partial charge in [0.25, 0.3) is 5.91 Å². The number of nitrogens with zero attached hydrogens (tertiary/aromatic N) is 2. The van der Waals surface area contributed by atoms with Crippen LogP contribution in [0, 0.1) is 12.8 Å². The van der Waals surface area contributed by atoms with Crippen LogP contribution < -0.4 is 11.1 Å². The van der Waals surface area contributed by atoms with E-state index in [2.05, 4.69) is 46.5 Å². The van der Waals surface area contributed by atoms with Crippen LogP contribution in [0.4, 0.5) is 5.82 Å². The standard InChI is InChI=1S/C18H22N4O2/c1-12-4-6-13(7-5-12)16-14(3-2-10-24-16)11-22-18(23)15-17(19)21-9-8-20-15/h4-9,14,16H,2-3,10-11H2,1H3,(H2,19,21)(H,22,23)/t14-,16-/m1/s1. The molecule has 2 atom stereocenters. The molecule has 1 aliphatic heterocycles. The zero-order chi connectivity index (χ0) is 16.9. The van der Waals surface area contributed by atoms with Crippen molar-refractivity contribution in [1.29, 1.82) is 0 Å². The Morgan fingerprint density at radius 1 is 1.29 bits per heavy atom. The molecule has 0 saturated carbocycles. The highest BCUT2D eigenvalue weighted by atomic mass is 16.5. The lowest BCUT2D eigenvalue weighted by Gasteiger charge is -2.32. The summed E-state index contributed by atoms with van der Waals surface area (Å²) in [7, 11) is 0. The van der Waals surface area contributed by atoms with Crippen LogP contribution in [0.15, 0.2) is 36.7 Å². The summed E-state index contributed by atoms with van der Waals surface area (Å²) in [5.74, 6) is 0.0714. The Morgan fingerprint density at radius 2 is 2.04 bits per heavy atom. The number of hydrogen-bond acceptors (Lipinski definition) is 5. The van der Waals surface area contributed by atoms with E-state index in [1.54, 1.807) is 0 Å². The van der Waals surface area contributed by atoms with Crippen molar-refractivity contribution in [2.75, 3.05) is 18.9 Å². The van der Waals surface area contributed by atoms with Gasteiger partial charge < -0.3 is 15.8 Å². The first-order valence-electron chi connectivity index (χ1n) is 8.18. The summed E-state index contributed by atoms with van der Waals surface area (Å²) in [4.78, 5) is 20.2. The van der Waals surface area contributed by atoms with Crippen molar-refractivity contribution in [3.8, 4) is 0 Å². The normalized spacial score (nSPS) is 20.5. The largest absolute Gasteiger partial charge is 0.382 e. The van der Waals surface area contributed by atoms with Gasteiger partial charge in [-0.3, -0.25) is 4.79 Å². The Morgan fingerprint density at radius 3 is 2.79 bits per heavy atom. The molecule has 1 aromatic carbocycles. The predicted molar refractivity (Wildman–Crippen MR) is 91.4 cm³/mol. The van der Waals surface area contributed by atoms with Crippen molar-refractivity contribution >= 4 is 11.7 Å². The molecule has 6 heteroatoms. The highest BCUT2D eigenvalue weighted by Crippen LogP contribution is 2.33. The van der Waals surface area contributed by atoms with Crippen LogP contribution in [0.1, 0.15) is 40.6 Å². The van der Waals surface area contributed by atoms with Crippen molar-refractivity contribution in [2.45, 2.75) is 25.9 Å². The highest BCUT2D eigenvalue weighted by Gasteiger charge is 2.28. The molecule has 0 bridgehead atoms. The van der Waals surface area contributed by atoms with Crippen LogP contribution in [0.5, 0.6) is 0 Å². The predicted octanol–water partition coefficient (Wildman–Crippen LogP) is 2.26. The van der Waals surface area contributed by atoms with Crippen LogP contribution >= 0.6 is 0 Å². The van der Waals surface area contributed by atoms with Crippen LogP contribution in [0.25, 0.3) is 0 Å². The third kappa shape index (κ3) is 3.71. The molecule has 1 amide bonds. The lowest BCUT2D eigenvalue weighted by atomic mass is 9.89. The number of aromatic nitrogens is 2. The van der Waals surface area contributed by atoms with Gasteiger partial charge >= 0.3 is 0 Å². The molecule has 3 N–H and O–H groups in total. The van der Waals surface area contributed by atoms with Gasteiger partial charge in [-0.15, -0.1) is 0 Å². The molecule has 126 valence electrons. The third-order valence-corrected chi connectivity index (χ3v) is 4.32. The molecule has 0 spiro atoms. The van der Waals surface area contributed by atoms with E-state index in [-0.39, 0.29) is 29.4 Å². The molecule has 2 aromatic rings. The van der Waals surface area contributed by atoms with Gasteiger partial charge in [0, 0.05) is 31.5 Å². The molecule has 2 heterocycles. The molecule has 0 aliphatic carbocycles. The van der Waals surface area contributed by atoms with E-state index >= 15 is 0 Å². The smallest absolute Gasteiger partial charge is 0.273 e. The molecular formula is C18H22N4O2. The number of nitrogens with two attached hydrogens (primary N) is 1. The topological polar surface area (TPSA) is 90.1 Å². The summed E-state index contributed by atoms with van der Waals surface area (Å²) in [6, 6.07) is 8.37. The van der Waals surface area contributed by atoms with E-state index in [9.17, 15) is 4.79 Å². The maximum Gasteiger partial charge on any atom is 0.273 e. The second kappa shape index (κ2) is 7.40. The molecular weight excluding hydrogens is 304 g/mol. The second-order valence-electron chi connectivity index (χ2n) is 6.10. The maximum atomic E-state index is 12.3. The fourth-order valence-electron chi connectivity index (χ4n) is 3.01. The monoisotopic (exact) mass is 326 g/mol. The van der Waals surface area contributed by atoms with Gasteiger partial charge in [-0.05, 0) is 25.3 Å². The summed E-state index contributed by atoms with van der Waals surface area (Å²) in [6.07, 6.45) is 4.93. The van der Waals surface area contributed by atoms with Crippen LogP contribution in [-0.2, 0) is 4.74 Å². The summed E-state index contributed by atoms with van der Waals surface area (Å²) < 4.78 is 5.97. The highest BCUT2D eigenvalue weighted by molar-refractivity contribution is 5.96. The number of nitrogens with one attached hydrogen (secondary N) is 1. The number of aryl methyl sites for hydroxylation is 1. The molecule has 0 unspecified atom stereocenters. The van der Waals surface area contributed by atoms with Gasteiger partial charge in [0.15, 0.2) is 11.5 Å². The SMILES string of the molecule is Cc1ccc([C@H]2OCCC[C@@H]2CNC(=O)c2nccnc2N)cc1. The number of ether oxygens (including phenoxy) is 1. The molecule has 0 radical (unpaired) electrons. The zero-order valence-electron chi connectivity index (χ0n) is 13.7. The Labute approximate surface area is 141 Å². The number of carbonyl (C=O) groups excluding carboxylic acids is 1. The zero-order valence-corrected chi connectivity index (χ0v) is 13.7. The summed E-state index contributed by atoms with van der Waals surface area (Å²) in [5.41, 5.74) is 8.24. The number of rotatable bonds is 4. The molecule has 1 saturated heterocycles. The minimum atomic E-state index is -0.297. The van der Waals surface area contributed by atoms with Gasteiger partial charge in [-0.2, -0.15) is 0 Å². The Kier molecular flexibility index (Phi) is 5.05. The first-order valence-corrected chi connectivity index (χ1v) is 8.18. The van der Waals surface area contributed by atoms with Crippen molar-refractivity contribution in [1.82, 2.24) is 15.3 Å². The Bertz CT molecular complexity index is 702. The van der Waals surface area contributed by atoms with Gasteiger partial charge in [0.05, 0.1) is 6.10 Å². The van der Waals surface area contributed by atoms with Crippen LogP contribution in [0.3, 0.4) is 0 Å². The van der Waals surface area contributed by atoms with E-state index in [1.165, 1.54) is 18.0 Å². The van der Waals surface area contributed by atoms with Crippen molar-refractivity contribution in [2.24, 2.45) is 5.92 Å². The Balaban J connectivity index is 1.67. The van der Waals surface area contributed by atoms with Gasteiger partial charge in [0.1, 0.15) is 0 Å². The number of hydrogen-bond donors (Lipinski definition) is 2. The lowest BCUT2D eigenvalue weighted by molar-refractivity contribution is -0.0272. The quantitative estimate of drug-likeness (QED) is 0.899. The van der Waals surface area contributed by atoms with E-state index in [4.69, 9.17) is 10.5 Å². The molecule has 1 aliphatic rings. The first-order chi connectivity index (χ1) is 11.6. The lowest BCUT2D eigenvalue weighted by Crippen LogP contribution is -2.35. The second-order valence-corrected chi connectivity index (χ2v) is 6.10. The fourth-order valence-corrected chi connectivity index (χ4v) is 3.01. The van der Waals surface area contributed by atoms with E-state index in [0.29, 0.717) is 6.54 Å². The number of amides is 1. The number of nitrogen functional groups attached to an aromatic ring is 1. The number of anilines is 1. The number of carbonyl (C=O) groups is 1. The van der Waals surface area contributed by atoms with E-state index < -0.39 is 0 Å².